The Bertz CT molecular complexity index is 972. The number of thiophene rings is 1. The van der Waals surface area contributed by atoms with Gasteiger partial charge in [-0.3, -0.25) is 4.79 Å². The van der Waals surface area contributed by atoms with Gasteiger partial charge < -0.3 is 9.64 Å². The summed E-state index contributed by atoms with van der Waals surface area (Å²) in [7, 11) is 3.17. The number of carbonyl (C=O) groups excluding carboxylic acids is 2. The van der Waals surface area contributed by atoms with E-state index in [1.807, 2.05) is 0 Å². The molecule has 26 heavy (non-hydrogen) atoms. The van der Waals surface area contributed by atoms with Crippen molar-refractivity contribution < 1.29 is 18.7 Å². The average molecular weight is 392 g/mol. The van der Waals surface area contributed by atoms with Crippen molar-refractivity contribution in [2.24, 2.45) is 0 Å². The number of hydrogen-bond donors (Lipinski definition) is 0. The maximum Gasteiger partial charge on any atom is 0.351 e. The molecule has 0 saturated carbocycles. The van der Waals surface area contributed by atoms with Crippen molar-refractivity contribution in [1.82, 2.24) is 4.90 Å². The highest BCUT2D eigenvalue weighted by Crippen LogP contribution is 2.37. The smallest absolute Gasteiger partial charge is 0.351 e. The second-order valence-electron chi connectivity index (χ2n) is 5.81. The van der Waals surface area contributed by atoms with Gasteiger partial charge in [-0.25, -0.2) is 9.18 Å². The van der Waals surface area contributed by atoms with Crippen molar-refractivity contribution in [1.29, 1.82) is 0 Å². The molecule has 0 bridgehead atoms. The first-order valence-electron chi connectivity index (χ1n) is 7.73. The Morgan fingerprint density at radius 2 is 1.85 bits per heavy atom. The van der Waals surface area contributed by atoms with Gasteiger partial charge in [-0.2, -0.15) is 0 Å². The Balaban J connectivity index is 1.95. The monoisotopic (exact) mass is 391 g/mol. The van der Waals surface area contributed by atoms with Crippen LogP contribution in [0.1, 0.15) is 21.3 Å². The van der Waals surface area contributed by atoms with Gasteiger partial charge in [-0.1, -0.05) is 41.9 Å². The van der Waals surface area contributed by atoms with Crippen LogP contribution in [-0.2, 0) is 9.53 Å². The van der Waals surface area contributed by atoms with Crippen LogP contribution >= 0.6 is 22.9 Å². The van der Waals surface area contributed by atoms with Crippen molar-refractivity contribution in [2.75, 3.05) is 14.1 Å². The van der Waals surface area contributed by atoms with Crippen molar-refractivity contribution in [2.45, 2.75) is 6.10 Å². The van der Waals surface area contributed by atoms with Crippen LogP contribution in [0.3, 0.4) is 0 Å². The lowest BCUT2D eigenvalue weighted by Crippen LogP contribution is -2.31. The van der Waals surface area contributed by atoms with Gasteiger partial charge in [-0.15, -0.1) is 11.3 Å². The quantitative estimate of drug-likeness (QED) is 0.606. The molecule has 0 N–H and O–H groups in total. The van der Waals surface area contributed by atoms with Gasteiger partial charge in [0.1, 0.15) is 10.7 Å². The highest BCUT2D eigenvalue weighted by molar-refractivity contribution is 7.21. The minimum absolute atomic E-state index is 0.139. The third-order valence-corrected chi connectivity index (χ3v) is 5.41. The summed E-state index contributed by atoms with van der Waals surface area (Å²) < 4.78 is 19.4. The SMILES string of the molecule is CN(C)C(=O)[C@H](OC(=O)c1sc2cc(F)ccc2c1Cl)c1ccccc1. The number of amides is 1. The van der Waals surface area contributed by atoms with E-state index in [0.717, 1.165) is 11.3 Å². The molecule has 1 atom stereocenters. The lowest BCUT2D eigenvalue weighted by Gasteiger charge is -2.21. The van der Waals surface area contributed by atoms with Crippen molar-refractivity contribution >= 4 is 44.9 Å². The molecule has 1 heterocycles. The molecule has 134 valence electrons. The molecule has 3 rings (SSSR count). The van der Waals surface area contributed by atoms with E-state index in [2.05, 4.69) is 0 Å². The first-order valence-corrected chi connectivity index (χ1v) is 8.92. The molecule has 0 saturated heterocycles. The van der Waals surface area contributed by atoms with Gasteiger partial charge in [0.15, 0.2) is 0 Å². The van der Waals surface area contributed by atoms with E-state index in [-0.39, 0.29) is 15.8 Å². The molecule has 0 aliphatic rings. The first kappa shape index (κ1) is 18.4. The Morgan fingerprint density at radius 3 is 2.50 bits per heavy atom. The maximum absolute atomic E-state index is 13.4. The number of ether oxygens (including phenoxy) is 1. The van der Waals surface area contributed by atoms with Gasteiger partial charge in [0.25, 0.3) is 5.91 Å². The van der Waals surface area contributed by atoms with Crippen LogP contribution in [0.5, 0.6) is 0 Å². The Hall–Kier alpha value is -2.44. The summed E-state index contributed by atoms with van der Waals surface area (Å²) in [5, 5.41) is 0.763. The fourth-order valence-corrected chi connectivity index (χ4v) is 3.87. The summed E-state index contributed by atoms with van der Waals surface area (Å²) in [5.41, 5.74) is 0.558. The number of carbonyl (C=O) groups is 2. The van der Waals surface area contributed by atoms with Gasteiger partial charge in [-0.05, 0) is 18.2 Å². The van der Waals surface area contributed by atoms with Gasteiger partial charge >= 0.3 is 5.97 Å². The highest BCUT2D eigenvalue weighted by atomic mass is 35.5. The molecule has 0 aliphatic heterocycles. The van der Waals surface area contributed by atoms with E-state index in [9.17, 15) is 14.0 Å². The number of hydrogen-bond acceptors (Lipinski definition) is 4. The molecule has 2 aromatic carbocycles. The molecule has 0 spiro atoms. The predicted octanol–water partition coefficient (Wildman–Crippen LogP) is 4.68. The fourth-order valence-electron chi connectivity index (χ4n) is 2.45. The van der Waals surface area contributed by atoms with Crippen LogP contribution < -0.4 is 0 Å². The standard InChI is InChI=1S/C19H15ClFNO3S/c1-22(2)18(23)16(11-6-4-3-5-7-11)25-19(24)17-15(20)13-9-8-12(21)10-14(13)26-17/h3-10,16H,1-2H3/t16-/m1/s1. The normalized spacial score (nSPS) is 12.0. The number of esters is 1. The average Bonchev–Trinajstić information content (AvgIpc) is 2.95. The molecule has 7 heteroatoms. The zero-order valence-corrected chi connectivity index (χ0v) is 15.6. The van der Waals surface area contributed by atoms with E-state index in [1.54, 1.807) is 44.4 Å². The van der Waals surface area contributed by atoms with E-state index in [0.29, 0.717) is 15.6 Å². The highest BCUT2D eigenvalue weighted by Gasteiger charge is 2.29. The minimum atomic E-state index is -1.09. The van der Waals surface area contributed by atoms with Gasteiger partial charge in [0, 0.05) is 29.7 Å². The van der Waals surface area contributed by atoms with Crippen LogP contribution in [0.4, 0.5) is 4.39 Å². The molecule has 0 unspecified atom stereocenters. The minimum Gasteiger partial charge on any atom is -0.443 e. The van der Waals surface area contributed by atoms with Crippen LogP contribution in [-0.4, -0.2) is 30.9 Å². The van der Waals surface area contributed by atoms with E-state index in [1.165, 1.54) is 23.1 Å². The maximum atomic E-state index is 13.4. The summed E-state index contributed by atoms with van der Waals surface area (Å²) in [4.78, 5) is 26.6. The van der Waals surface area contributed by atoms with Crippen LogP contribution in [0.25, 0.3) is 10.1 Å². The zero-order valence-electron chi connectivity index (χ0n) is 14.0. The first-order chi connectivity index (χ1) is 12.4. The van der Waals surface area contributed by atoms with Crippen molar-refractivity contribution in [3.8, 4) is 0 Å². The molecule has 0 aliphatic carbocycles. The third-order valence-electron chi connectivity index (χ3n) is 3.77. The molecular formula is C19H15ClFNO3S. The number of nitrogens with zero attached hydrogens (tertiary/aromatic N) is 1. The summed E-state index contributed by atoms with van der Waals surface area (Å²) >= 11 is 7.30. The third kappa shape index (κ3) is 3.57. The van der Waals surface area contributed by atoms with Crippen molar-refractivity contribution in [3.63, 3.8) is 0 Å². The second-order valence-corrected chi connectivity index (χ2v) is 7.24. The molecule has 3 aromatic rings. The van der Waals surface area contributed by atoms with Gasteiger partial charge in [0.2, 0.25) is 6.10 Å². The molecule has 0 radical (unpaired) electrons. The summed E-state index contributed by atoms with van der Waals surface area (Å²) in [6.07, 6.45) is -1.09. The van der Waals surface area contributed by atoms with Crippen LogP contribution in [0, 0.1) is 5.82 Å². The Kier molecular flexibility index (Phi) is 5.25. The summed E-state index contributed by atoms with van der Waals surface area (Å²) in [5.74, 6) is -1.51. The number of halogens is 2. The number of likely N-dealkylation sites (N-methyl/N-ethyl adjacent to an activating group) is 1. The van der Waals surface area contributed by atoms with E-state index >= 15 is 0 Å². The topological polar surface area (TPSA) is 46.6 Å². The zero-order chi connectivity index (χ0) is 18.8. The number of benzene rings is 2. The lowest BCUT2D eigenvalue weighted by molar-refractivity contribution is -0.138. The van der Waals surface area contributed by atoms with Crippen LogP contribution in [0.2, 0.25) is 5.02 Å². The number of rotatable bonds is 4. The van der Waals surface area contributed by atoms with E-state index < -0.39 is 17.9 Å². The molecule has 1 amide bonds. The Morgan fingerprint density at radius 1 is 1.15 bits per heavy atom. The summed E-state index contributed by atoms with van der Waals surface area (Å²) in [6, 6.07) is 12.8. The molecule has 1 aromatic heterocycles. The Labute approximate surface area is 158 Å². The van der Waals surface area contributed by atoms with E-state index in [4.69, 9.17) is 16.3 Å². The molecule has 4 nitrogen and oxygen atoms in total. The largest absolute Gasteiger partial charge is 0.443 e. The molecule has 0 fully saturated rings. The van der Waals surface area contributed by atoms with Gasteiger partial charge in [0.05, 0.1) is 5.02 Å². The molecular weight excluding hydrogens is 377 g/mol. The van der Waals surface area contributed by atoms with Crippen LogP contribution in [0.15, 0.2) is 48.5 Å². The predicted molar refractivity (Wildman–Crippen MR) is 100 cm³/mol. The fraction of sp³-hybridized carbons (Fsp3) is 0.158. The lowest BCUT2D eigenvalue weighted by atomic mass is 10.1. The number of fused-ring (bicyclic) bond motifs is 1. The summed E-state index contributed by atoms with van der Waals surface area (Å²) in [6.45, 7) is 0. The second kappa shape index (κ2) is 7.43. The van der Waals surface area contributed by atoms with Crippen molar-refractivity contribution in [3.05, 3.63) is 69.8 Å².